The molecule has 0 heterocycles. The van der Waals surface area contributed by atoms with Crippen LogP contribution in [0.1, 0.15) is 51.9 Å². The molecule has 0 bridgehead atoms. The molecule has 5 heteroatoms. The van der Waals surface area contributed by atoms with Crippen molar-refractivity contribution >= 4 is 11.9 Å². The van der Waals surface area contributed by atoms with Crippen LogP contribution in [0.5, 0.6) is 0 Å². The smallest absolute Gasteiger partial charge is 0.306 e. The zero-order valence-corrected chi connectivity index (χ0v) is 13.6. The topological polar surface area (TPSA) is 55.8 Å². The molecular weight excluding hydrogens is 270 g/mol. The van der Waals surface area contributed by atoms with Gasteiger partial charge in [-0.25, -0.2) is 0 Å². The summed E-state index contributed by atoms with van der Waals surface area (Å²) in [6.07, 6.45) is 7.13. The molecule has 122 valence electrons. The van der Waals surface area contributed by atoms with Crippen LogP contribution >= 0.6 is 0 Å². The standard InChI is InChI=1S/C16H29NO4/c1-13(14-7-5-4-6-8-14)17(11-9-15(18)20-2)12-10-16(19)21-3/h13-14H,4-12H2,1-3H3/t13-/m0/s1. The SMILES string of the molecule is COC(=O)CCN(CCC(=O)OC)[C@@H](C)C1CCCCC1. The molecule has 0 aromatic heterocycles. The number of carbonyl (C=O) groups excluding carboxylic acids is 2. The highest BCUT2D eigenvalue weighted by Gasteiger charge is 2.26. The van der Waals surface area contributed by atoms with Crippen molar-refractivity contribution in [2.45, 2.75) is 57.9 Å². The molecule has 1 rings (SSSR count). The lowest BCUT2D eigenvalue weighted by Crippen LogP contribution is -2.41. The lowest BCUT2D eigenvalue weighted by molar-refractivity contribution is -0.141. The minimum Gasteiger partial charge on any atom is -0.469 e. The Morgan fingerprint density at radius 2 is 1.48 bits per heavy atom. The van der Waals surface area contributed by atoms with Crippen molar-refractivity contribution in [2.75, 3.05) is 27.3 Å². The van der Waals surface area contributed by atoms with Gasteiger partial charge in [-0.1, -0.05) is 19.3 Å². The molecule has 5 nitrogen and oxygen atoms in total. The van der Waals surface area contributed by atoms with Gasteiger partial charge in [-0.15, -0.1) is 0 Å². The Morgan fingerprint density at radius 1 is 1.00 bits per heavy atom. The van der Waals surface area contributed by atoms with Gasteiger partial charge in [-0.3, -0.25) is 14.5 Å². The Bertz CT molecular complexity index is 306. The largest absolute Gasteiger partial charge is 0.469 e. The van der Waals surface area contributed by atoms with Crippen LogP contribution in [0.2, 0.25) is 0 Å². The normalized spacial score (nSPS) is 17.5. The van der Waals surface area contributed by atoms with E-state index in [4.69, 9.17) is 9.47 Å². The van der Waals surface area contributed by atoms with E-state index in [1.165, 1.54) is 46.3 Å². The van der Waals surface area contributed by atoms with E-state index in [-0.39, 0.29) is 11.9 Å². The van der Waals surface area contributed by atoms with Crippen LogP contribution in [-0.2, 0) is 19.1 Å². The predicted octanol–water partition coefficient (Wildman–Crippen LogP) is 2.38. The van der Waals surface area contributed by atoms with Gasteiger partial charge in [-0.2, -0.15) is 0 Å². The molecule has 0 spiro atoms. The van der Waals surface area contributed by atoms with E-state index in [2.05, 4.69) is 11.8 Å². The summed E-state index contributed by atoms with van der Waals surface area (Å²) in [5.41, 5.74) is 0. The first-order valence-electron chi connectivity index (χ1n) is 7.96. The minimum absolute atomic E-state index is 0.200. The maximum Gasteiger partial charge on any atom is 0.306 e. The number of methoxy groups -OCH3 is 2. The molecule has 1 aliphatic carbocycles. The van der Waals surface area contributed by atoms with Gasteiger partial charge < -0.3 is 9.47 Å². The van der Waals surface area contributed by atoms with Gasteiger partial charge in [0.05, 0.1) is 27.1 Å². The van der Waals surface area contributed by atoms with Gasteiger partial charge >= 0.3 is 11.9 Å². The highest BCUT2D eigenvalue weighted by Crippen LogP contribution is 2.29. The van der Waals surface area contributed by atoms with Crippen molar-refractivity contribution in [3.8, 4) is 0 Å². The second-order valence-electron chi connectivity index (χ2n) is 5.83. The summed E-state index contributed by atoms with van der Waals surface area (Å²) in [7, 11) is 2.82. The number of hydrogen-bond acceptors (Lipinski definition) is 5. The second-order valence-corrected chi connectivity index (χ2v) is 5.83. The van der Waals surface area contributed by atoms with Gasteiger partial charge in [0.15, 0.2) is 0 Å². The molecule has 1 fully saturated rings. The fourth-order valence-electron chi connectivity index (χ4n) is 3.11. The number of ether oxygens (including phenoxy) is 2. The molecule has 0 saturated heterocycles. The van der Waals surface area contributed by atoms with E-state index in [1.807, 2.05) is 0 Å². The lowest BCUT2D eigenvalue weighted by atomic mass is 9.84. The summed E-state index contributed by atoms with van der Waals surface area (Å²) >= 11 is 0. The third kappa shape index (κ3) is 6.46. The average molecular weight is 299 g/mol. The zero-order valence-electron chi connectivity index (χ0n) is 13.6. The molecule has 0 aliphatic heterocycles. The first kappa shape index (κ1) is 18.0. The summed E-state index contributed by atoms with van der Waals surface area (Å²) in [4.78, 5) is 25.0. The van der Waals surface area contributed by atoms with Gasteiger partial charge in [-0.05, 0) is 25.7 Å². The van der Waals surface area contributed by atoms with E-state index in [0.717, 1.165) is 0 Å². The summed E-state index contributed by atoms with van der Waals surface area (Å²) in [6, 6.07) is 0.389. The van der Waals surface area contributed by atoms with Crippen LogP contribution < -0.4 is 0 Å². The van der Waals surface area contributed by atoms with Crippen molar-refractivity contribution in [3.63, 3.8) is 0 Å². The minimum atomic E-state index is -0.200. The van der Waals surface area contributed by atoms with Crippen LogP contribution in [0.15, 0.2) is 0 Å². The Kier molecular flexibility index (Phi) is 8.35. The van der Waals surface area contributed by atoms with E-state index < -0.39 is 0 Å². The second kappa shape index (κ2) is 9.77. The number of esters is 2. The molecular formula is C16H29NO4. The highest BCUT2D eigenvalue weighted by atomic mass is 16.5. The van der Waals surface area contributed by atoms with Crippen molar-refractivity contribution in [1.29, 1.82) is 0 Å². The number of carbonyl (C=O) groups is 2. The molecule has 0 amide bonds. The lowest BCUT2D eigenvalue weighted by Gasteiger charge is -2.36. The first-order valence-corrected chi connectivity index (χ1v) is 7.96. The highest BCUT2D eigenvalue weighted by molar-refractivity contribution is 5.70. The van der Waals surface area contributed by atoms with Gasteiger partial charge in [0, 0.05) is 19.1 Å². The molecule has 21 heavy (non-hydrogen) atoms. The molecule has 0 N–H and O–H groups in total. The Labute approximate surface area is 128 Å². The van der Waals surface area contributed by atoms with Crippen molar-refractivity contribution < 1.29 is 19.1 Å². The maximum atomic E-state index is 11.4. The van der Waals surface area contributed by atoms with E-state index in [1.54, 1.807) is 0 Å². The van der Waals surface area contributed by atoms with E-state index in [9.17, 15) is 9.59 Å². The van der Waals surface area contributed by atoms with Crippen molar-refractivity contribution in [3.05, 3.63) is 0 Å². The summed E-state index contributed by atoms with van der Waals surface area (Å²) in [5.74, 6) is 0.261. The monoisotopic (exact) mass is 299 g/mol. The number of nitrogens with zero attached hydrogens (tertiary/aromatic N) is 1. The average Bonchev–Trinajstić information content (AvgIpc) is 2.54. The van der Waals surface area contributed by atoms with Crippen LogP contribution in [0.25, 0.3) is 0 Å². The van der Waals surface area contributed by atoms with E-state index in [0.29, 0.717) is 37.9 Å². The van der Waals surface area contributed by atoms with E-state index >= 15 is 0 Å². The van der Waals surface area contributed by atoms with Crippen LogP contribution in [0.4, 0.5) is 0 Å². The third-order valence-electron chi connectivity index (χ3n) is 4.57. The quantitative estimate of drug-likeness (QED) is 0.644. The predicted molar refractivity (Wildman–Crippen MR) is 80.9 cm³/mol. The van der Waals surface area contributed by atoms with Crippen molar-refractivity contribution in [1.82, 2.24) is 4.90 Å². The zero-order chi connectivity index (χ0) is 15.7. The van der Waals surface area contributed by atoms with Crippen LogP contribution in [-0.4, -0.2) is 50.2 Å². The molecule has 0 aromatic carbocycles. The molecule has 1 aliphatic rings. The number of rotatable bonds is 8. The third-order valence-corrected chi connectivity index (χ3v) is 4.57. The summed E-state index contributed by atoms with van der Waals surface area (Å²) < 4.78 is 9.43. The van der Waals surface area contributed by atoms with Gasteiger partial charge in [0.2, 0.25) is 0 Å². The molecule has 1 atom stereocenters. The fraction of sp³-hybridized carbons (Fsp3) is 0.875. The molecule has 0 radical (unpaired) electrons. The fourth-order valence-corrected chi connectivity index (χ4v) is 3.11. The maximum absolute atomic E-state index is 11.4. The Morgan fingerprint density at radius 3 is 1.90 bits per heavy atom. The molecule has 0 unspecified atom stereocenters. The van der Waals surface area contributed by atoms with Gasteiger partial charge in [0.25, 0.3) is 0 Å². The van der Waals surface area contributed by atoms with Crippen molar-refractivity contribution in [2.24, 2.45) is 5.92 Å². The number of hydrogen-bond donors (Lipinski definition) is 0. The molecule has 1 saturated carbocycles. The van der Waals surface area contributed by atoms with Crippen LogP contribution in [0.3, 0.4) is 0 Å². The Balaban J connectivity index is 2.55. The molecule has 0 aromatic rings. The summed E-state index contributed by atoms with van der Waals surface area (Å²) in [5, 5.41) is 0. The first-order chi connectivity index (χ1) is 10.1. The van der Waals surface area contributed by atoms with Gasteiger partial charge in [0.1, 0.15) is 0 Å². The van der Waals surface area contributed by atoms with Crippen LogP contribution in [0, 0.1) is 5.92 Å². The summed E-state index contributed by atoms with van der Waals surface area (Å²) in [6.45, 7) is 3.49. The Hall–Kier alpha value is -1.10.